The Morgan fingerprint density at radius 2 is 1.80 bits per heavy atom. The number of aromatic nitrogens is 1. The van der Waals surface area contributed by atoms with Crippen LogP contribution in [-0.4, -0.2) is 25.3 Å². The van der Waals surface area contributed by atoms with Crippen LogP contribution in [-0.2, 0) is 5.41 Å². The Balaban J connectivity index is 0.00000312. The van der Waals surface area contributed by atoms with E-state index < -0.39 is 0 Å². The molecule has 0 saturated heterocycles. The fraction of sp³-hybridized carbons (Fsp3) is 0.444. The van der Waals surface area contributed by atoms with Crippen LogP contribution in [0.15, 0.2) is 28.8 Å². The summed E-state index contributed by atoms with van der Waals surface area (Å²) >= 11 is 0. The molecule has 1 heterocycles. The summed E-state index contributed by atoms with van der Waals surface area (Å²) in [6, 6.07) is 6.94. The standard InChI is InChI=1S/C18H24N2O4.Na.H/c1-6-18(3,7-2)14-11-15(24-20-14)19-17(21)16-12(22-4)9-8-10-13(16)23-5;;/h8-11H,6-7H2,1-5H3,(H,19,21);;/q;+1;-1. The molecule has 0 unspecified atom stereocenters. The van der Waals surface area contributed by atoms with Gasteiger partial charge in [0.15, 0.2) is 0 Å². The average Bonchev–Trinajstić information content (AvgIpc) is 3.09. The third-order valence-corrected chi connectivity index (χ3v) is 4.58. The monoisotopic (exact) mass is 356 g/mol. The van der Waals surface area contributed by atoms with Crippen molar-refractivity contribution in [2.24, 2.45) is 0 Å². The number of hydrogen-bond donors (Lipinski definition) is 1. The van der Waals surface area contributed by atoms with E-state index in [0.717, 1.165) is 18.5 Å². The van der Waals surface area contributed by atoms with E-state index in [1.54, 1.807) is 24.3 Å². The zero-order valence-electron chi connectivity index (χ0n) is 16.8. The van der Waals surface area contributed by atoms with Gasteiger partial charge in [-0.3, -0.25) is 10.1 Å². The quantitative estimate of drug-likeness (QED) is 0.753. The zero-order valence-corrected chi connectivity index (χ0v) is 17.8. The van der Waals surface area contributed by atoms with Crippen LogP contribution in [0.3, 0.4) is 0 Å². The van der Waals surface area contributed by atoms with E-state index in [1.165, 1.54) is 14.2 Å². The molecule has 0 fully saturated rings. The number of amides is 1. The van der Waals surface area contributed by atoms with Gasteiger partial charge in [-0.1, -0.05) is 32.0 Å². The smallest absolute Gasteiger partial charge is 1.00 e. The number of carbonyl (C=O) groups excluding carboxylic acids is 1. The minimum absolute atomic E-state index is 0. The van der Waals surface area contributed by atoms with E-state index in [1.807, 2.05) is 0 Å². The Morgan fingerprint density at radius 3 is 2.28 bits per heavy atom. The minimum Gasteiger partial charge on any atom is -1.00 e. The third-order valence-electron chi connectivity index (χ3n) is 4.58. The van der Waals surface area contributed by atoms with E-state index in [0.29, 0.717) is 22.9 Å². The van der Waals surface area contributed by atoms with Crippen molar-refractivity contribution < 1.29 is 49.8 Å². The molecule has 0 spiro atoms. The van der Waals surface area contributed by atoms with Crippen LogP contribution in [0.5, 0.6) is 11.5 Å². The van der Waals surface area contributed by atoms with E-state index in [-0.39, 0.29) is 42.3 Å². The summed E-state index contributed by atoms with van der Waals surface area (Å²) in [5, 5.41) is 6.83. The van der Waals surface area contributed by atoms with Gasteiger partial charge in [0.05, 0.1) is 19.9 Å². The van der Waals surface area contributed by atoms with Crippen molar-refractivity contribution in [3.8, 4) is 11.5 Å². The van der Waals surface area contributed by atoms with Gasteiger partial charge in [0.2, 0.25) is 5.88 Å². The number of nitrogens with one attached hydrogen (secondary N) is 1. The van der Waals surface area contributed by atoms with Gasteiger partial charge >= 0.3 is 29.6 Å². The van der Waals surface area contributed by atoms with Crippen LogP contribution < -0.4 is 44.3 Å². The van der Waals surface area contributed by atoms with Gasteiger partial charge in [0.25, 0.3) is 5.91 Å². The average molecular weight is 356 g/mol. The molecule has 0 aliphatic rings. The summed E-state index contributed by atoms with van der Waals surface area (Å²) in [6.45, 7) is 6.34. The first-order valence-electron chi connectivity index (χ1n) is 7.98. The van der Waals surface area contributed by atoms with Gasteiger partial charge in [-0.05, 0) is 25.0 Å². The van der Waals surface area contributed by atoms with Crippen molar-refractivity contribution in [3.05, 3.63) is 35.5 Å². The molecule has 1 aromatic heterocycles. The van der Waals surface area contributed by atoms with Crippen molar-refractivity contribution in [2.45, 2.75) is 39.0 Å². The van der Waals surface area contributed by atoms with Crippen molar-refractivity contribution in [2.75, 3.05) is 19.5 Å². The molecule has 0 bridgehead atoms. The topological polar surface area (TPSA) is 73.6 Å². The van der Waals surface area contributed by atoms with Crippen LogP contribution in [0.1, 0.15) is 51.1 Å². The maximum absolute atomic E-state index is 12.6. The maximum atomic E-state index is 12.6. The number of hydrogen-bond acceptors (Lipinski definition) is 5. The Kier molecular flexibility index (Phi) is 7.99. The molecule has 6 nitrogen and oxygen atoms in total. The molecule has 2 aromatic rings. The van der Waals surface area contributed by atoms with Crippen molar-refractivity contribution in [1.29, 1.82) is 0 Å². The van der Waals surface area contributed by atoms with E-state index in [4.69, 9.17) is 14.0 Å². The maximum Gasteiger partial charge on any atom is 1.00 e. The predicted molar refractivity (Wildman–Crippen MR) is 93.0 cm³/mol. The number of anilines is 1. The number of methoxy groups -OCH3 is 2. The van der Waals surface area contributed by atoms with Gasteiger partial charge in [0.1, 0.15) is 17.1 Å². The number of ether oxygens (including phenoxy) is 2. The first-order valence-corrected chi connectivity index (χ1v) is 7.98. The normalized spacial score (nSPS) is 10.8. The molecule has 0 aliphatic carbocycles. The van der Waals surface area contributed by atoms with Crippen LogP contribution >= 0.6 is 0 Å². The summed E-state index contributed by atoms with van der Waals surface area (Å²) in [5.74, 6) is 0.787. The van der Waals surface area contributed by atoms with Crippen molar-refractivity contribution in [1.82, 2.24) is 5.16 Å². The Labute approximate surface area is 172 Å². The van der Waals surface area contributed by atoms with Crippen LogP contribution in [0.2, 0.25) is 0 Å². The summed E-state index contributed by atoms with van der Waals surface area (Å²) in [5.41, 5.74) is 1.07. The SMILES string of the molecule is CCC(C)(CC)c1cc(NC(=O)c2c(OC)cccc2OC)on1.[H-].[Na+]. The first kappa shape index (κ1) is 21.5. The van der Waals surface area contributed by atoms with Crippen LogP contribution in [0.25, 0.3) is 0 Å². The number of nitrogens with zero attached hydrogens (tertiary/aromatic N) is 1. The summed E-state index contributed by atoms with van der Waals surface area (Å²) in [4.78, 5) is 12.6. The van der Waals surface area contributed by atoms with Crippen LogP contribution in [0.4, 0.5) is 5.88 Å². The first-order chi connectivity index (χ1) is 11.5. The van der Waals surface area contributed by atoms with E-state index >= 15 is 0 Å². The number of carbonyl (C=O) groups is 1. The second-order valence-electron chi connectivity index (χ2n) is 5.84. The van der Waals surface area contributed by atoms with Gasteiger partial charge in [-0.2, -0.15) is 0 Å². The summed E-state index contributed by atoms with van der Waals surface area (Å²) < 4.78 is 15.8. The molecular formula is C18H25N2NaO4. The molecule has 0 aliphatic heterocycles. The fourth-order valence-electron chi connectivity index (χ4n) is 2.48. The molecule has 1 N–H and O–H groups in total. The molecule has 0 saturated carbocycles. The largest absolute Gasteiger partial charge is 1.00 e. The Hall–Kier alpha value is -1.50. The van der Waals surface area contributed by atoms with Crippen molar-refractivity contribution in [3.63, 3.8) is 0 Å². The van der Waals surface area contributed by atoms with Crippen LogP contribution in [0, 0.1) is 0 Å². The fourth-order valence-corrected chi connectivity index (χ4v) is 2.48. The minimum atomic E-state index is -0.373. The predicted octanol–water partition coefficient (Wildman–Crippen LogP) is 1.14. The van der Waals surface area contributed by atoms with Gasteiger partial charge in [-0.15, -0.1) is 0 Å². The molecule has 132 valence electrons. The molecule has 2 rings (SSSR count). The van der Waals surface area contributed by atoms with Gasteiger partial charge in [-0.25, -0.2) is 0 Å². The van der Waals surface area contributed by atoms with Gasteiger partial charge in [0, 0.05) is 11.5 Å². The molecule has 25 heavy (non-hydrogen) atoms. The molecule has 1 amide bonds. The number of benzene rings is 1. The molecule has 0 atom stereocenters. The van der Waals surface area contributed by atoms with Crippen molar-refractivity contribution >= 4 is 11.8 Å². The van der Waals surface area contributed by atoms with E-state index in [9.17, 15) is 4.79 Å². The second-order valence-corrected chi connectivity index (χ2v) is 5.84. The molecular weight excluding hydrogens is 331 g/mol. The molecule has 7 heteroatoms. The summed E-state index contributed by atoms with van der Waals surface area (Å²) in [6.07, 6.45) is 1.87. The molecule has 0 radical (unpaired) electrons. The Bertz CT molecular complexity index is 695. The zero-order chi connectivity index (χ0) is 17.7. The second kappa shape index (κ2) is 9.27. The summed E-state index contributed by atoms with van der Waals surface area (Å²) in [7, 11) is 3.01. The molecule has 1 aromatic carbocycles. The number of rotatable bonds is 7. The van der Waals surface area contributed by atoms with Gasteiger partial charge < -0.3 is 15.4 Å². The van der Waals surface area contributed by atoms with E-state index in [2.05, 4.69) is 31.2 Å². The third kappa shape index (κ3) is 4.57. The Morgan fingerprint density at radius 1 is 1.24 bits per heavy atom.